The number of halogens is 2. The van der Waals surface area contributed by atoms with Crippen LogP contribution in [0.25, 0.3) is 0 Å². The van der Waals surface area contributed by atoms with Crippen molar-refractivity contribution in [3.8, 4) is 0 Å². The van der Waals surface area contributed by atoms with Crippen LogP contribution in [0, 0.1) is 0 Å². The van der Waals surface area contributed by atoms with Gasteiger partial charge in [-0.15, -0.1) is 0 Å². The number of aromatic carboxylic acids is 1. The van der Waals surface area contributed by atoms with Crippen LogP contribution >= 0.6 is 23.2 Å². The number of nitrogens with one attached hydrogen (secondary N) is 1. The molecular weight excluding hydrogens is 289 g/mol. The van der Waals surface area contributed by atoms with Crippen molar-refractivity contribution >= 4 is 34.9 Å². The van der Waals surface area contributed by atoms with Gasteiger partial charge >= 0.3 is 5.97 Å². The summed E-state index contributed by atoms with van der Waals surface area (Å²) in [4.78, 5) is 13.2. The van der Waals surface area contributed by atoms with Crippen LogP contribution in [0.5, 0.6) is 0 Å². The molecule has 0 amide bonds. The molecule has 1 fully saturated rings. The molecule has 0 radical (unpaired) electrons. The van der Waals surface area contributed by atoms with Gasteiger partial charge in [0.15, 0.2) is 0 Å². The van der Waals surface area contributed by atoms with E-state index < -0.39 is 5.97 Å². The van der Waals surface area contributed by atoms with Crippen LogP contribution in [-0.4, -0.2) is 42.2 Å². The smallest absolute Gasteiger partial charge is 0.337 e. The van der Waals surface area contributed by atoms with E-state index >= 15 is 0 Å². The third kappa shape index (κ3) is 3.12. The predicted molar refractivity (Wildman–Crippen MR) is 76.0 cm³/mol. The largest absolute Gasteiger partial charge is 0.478 e. The number of carboxylic acid groups (broad SMARTS) is 1. The number of nitrogens with two attached hydrogens (primary N) is 1. The summed E-state index contributed by atoms with van der Waals surface area (Å²) in [5.74, 6) is -1.13. The summed E-state index contributed by atoms with van der Waals surface area (Å²) in [6.45, 7) is 4.19. The van der Waals surface area contributed by atoms with E-state index in [4.69, 9.17) is 34.0 Å². The van der Waals surface area contributed by atoms with Crippen molar-refractivity contribution in [3.05, 3.63) is 27.2 Å². The van der Waals surface area contributed by atoms with Crippen molar-refractivity contribution < 1.29 is 9.90 Å². The Balaban J connectivity index is 2.30. The molecule has 5 nitrogen and oxygen atoms in total. The average Bonchev–Trinajstić information content (AvgIpc) is 2.40. The number of carboxylic acids is 1. The second kappa shape index (κ2) is 5.96. The van der Waals surface area contributed by atoms with Crippen molar-refractivity contribution in [2.45, 2.75) is 6.54 Å². The van der Waals surface area contributed by atoms with E-state index in [1.807, 2.05) is 0 Å². The first kappa shape index (κ1) is 14.4. The van der Waals surface area contributed by atoms with Crippen molar-refractivity contribution in [2.24, 2.45) is 0 Å². The first-order chi connectivity index (χ1) is 9.00. The SMILES string of the molecule is Nc1c(C(=O)O)cc(Cl)c(CN2CCNCC2)c1Cl. The Kier molecular flexibility index (Phi) is 4.52. The molecule has 7 heteroatoms. The van der Waals surface area contributed by atoms with Gasteiger partial charge in [0.2, 0.25) is 0 Å². The summed E-state index contributed by atoms with van der Waals surface area (Å²) in [5, 5.41) is 12.8. The molecule has 1 heterocycles. The van der Waals surface area contributed by atoms with Crippen molar-refractivity contribution in [2.75, 3.05) is 31.9 Å². The van der Waals surface area contributed by atoms with Gasteiger partial charge in [-0.1, -0.05) is 23.2 Å². The molecular formula is C12H15Cl2N3O2. The number of hydrogen-bond acceptors (Lipinski definition) is 4. The van der Waals surface area contributed by atoms with E-state index in [0.29, 0.717) is 17.1 Å². The summed E-state index contributed by atoms with van der Waals surface area (Å²) in [7, 11) is 0. The van der Waals surface area contributed by atoms with Gasteiger partial charge < -0.3 is 16.2 Å². The van der Waals surface area contributed by atoms with E-state index in [1.165, 1.54) is 6.07 Å². The number of carbonyl (C=O) groups is 1. The fourth-order valence-electron chi connectivity index (χ4n) is 2.09. The highest BCUT2D eigenvalue weighted by Gasteiger charge is 2.20. The molecule has 0 spiro atoms. The van der Waals surface area contributed by atoms with Gasteiger partial charge in [0.05, 0.1) is 16.3 Å². The highest BCUT2D eigenvalue weighted by Crippen LogP contribution is 2.34. The lowest BCUT2D eigenvalue weighted by Crippen LogP contribution is -2.43. The quantitative estimate of drug-likeness (QED) is 0.741. The number of nitrogen functional groups attached to an aromatic ring is 1. The lowest BCUT2D eigenvalue weighted by Gasteiger charge is -2.28. The molecule has 0 atom stereocenters. The van der Waals surface area contributed by atoms with E-state index in [0.717, 1.165) is 26.2 Å². The molecule has 104 valence electrons. The number of rotatable bonds is 3. The van der Waals surface area contributed by atoms with Gasteiger partial charge in [-0.25, -0.2) is 4.79 Å². The van der Waals surface area contributed by atoms with E-state index in [2.05, 4.69) is 10.2 Å². The second-order valence-electron chi connectivity index (χ2n) is 4.44. The third-order valence-electron chi connectivity index (χ3n) is 3.17. The molecule has 19 heavy (non-hydrogen) atoms. The monoisotopic (exact) mass is 303 g/mol. The van der Waals surface area contributed by atoms with Crippen LogP contribution in [0.15, 0.2) is 6.07 Å². The zero-order valence-electron chi connectivity index (χ0n) is 10.2. The summed E-state index contributed by atoms with van der Waals surface area (Å²) in [5.41, 5.74) is 6.46. The average molecular weight is 304 g/mol. The van der Waals surface area contributed by atoms with Crippen LogP contribution in [0.4, 0.5) is 5.69 Å². The second-order valence-corrected chi connectivity index (χ2v) is 5.23. The van der Waals surface area contributed by atoms with Gasteiger partial charge in [-0.05, 0) is 6.07 Å². The Morgan fingerprint density at radius 2 is 2.05 bits per heavy atom. The van der Waals surface area contributed by atoms with Gasteiger partial charge in [0, 0.05) is 43.3 Å². The molecule has 0 bridgehead atoms. The normalized spacial score (nSPS) is 16.5. The van der Waals surface area contributed by atoms with Gasteiger partial charge in [-0.2, -0.15) is 0 Å². The summed E-state index contributed by atoms with van der Waals surface area (Å²) >= 11 is 12.3. The summed E-state index contributed by atoms with van der Waals surface area (Å²) < 4.78 is 0. The Morgan fingerprint density at radius 3 is 2.63 bits per heavy atom. The Morgan fingerprint density at radius 1 is 1.42 bits per heavy atom. The summed E-state index contributed by atoms with van der Waals surface area (Å²) in [6, 6.07) is 1.36. The van der Waals surface area contributed by atoms with Crippen LogP contribution in [0.2, 0.25) is 10.0 Å². The number of hydrogen-bond donors (Lipinski definition) is 3. The first-order valence-corrected chi connectivity index (χ1v) is 6.69. The molecule has 1 aliphatic heterocycles. The highest BCUT2D eigenvalue weighted by atomic mass is 35.5. The van der Waals surface area contributed by atoms with Gasteiger partial charge in [0.25, 0.3) is 0 Å². The maximum absolute atomic E-state index is 11.0. The number of piperazine rings is 1. The molecule has 1 aromatic carbocycles. The van der Waals surface area contributed by atoms with Crippen LogP contribution in [0.1, 0.15) is 15.9 Å². The Labute approximate surface area is 121 Å². The molecule has 2 rings (SSSR count). The zero-order valence-corrected chi connectivity index (χ0v) is 11.8. The molecule has 0 unspecified atom stereocenters. The minimum absolute atomic E-state index is 0.0564. The van der Waals surface area contributed by atoms with Crippen LogP contribution < -0.4 is 11.1 Å². The molecule has 0 aromatic heterocycles. The van der Waals surface area contributed by atoms with Crippen LogP contribution in [-0.2, 0) is 6.54 Å². The van der Waals surface area contributed by atoms with Gasteiger partial charge in [0.1, 0.15) is 0 Å². The fourth-order valence-corrected chi connectivity index (χ4v) is 2.67. The lowest BCUT2D eigenvalue weighted by atomic mass is 10.1. The Hall–Kier alpha value is -1.01. The van der Waals surface area contributed by atoms with Crippen molar-refractivity contribution in [1.82, 2.24) is 10.2 Å². The van der Waals surface area contributed by atoms with Crippen molar-refractivity contribution in [3.63, 3.8) is 0 Å². The molecule has 1 aliphatic rings. The molecule has 1 aromatic rings. The maximum atomic E-state index is 11.0. The number of benzene rings is 1. The Bertz CT molecular complexity index is 502. The third-order valence-corrected chi connectivity index (χ3v) is 3.94. The zero-order chi connectivity index (χ0) is 14.0. The molecule has 0 saturated carbocycles. The highest BCUT2D eigenvalue weighted by molar-refractivity contribution is 6.38. The van der Waals surface area contributed by atoms with E-state index in [9.17, 15) is 4.79 Å². The van der Waals surface area contributed by atoms with E-state index in [-0.39, 0.29) is 16.3 Å². The maximum Gasteiger partial charge on any atom is 0.337 e. The number of nitrogens with zero attached hydrogens (tertiary/aromatic N) is 1. The molecule has 1 saturated heterocycles. The van der Waals surface area contributed by atoms with E-state index in [1.54, 1.807) is 0 Å². The minimum Gasteiger partial charge on any atom is -0.478 e. The number of anilines is 1. The standard InChI is InChI=1S/C12H15Cl2N3O2/c13-9-5-7(12(18)19)11(15)10(14)8(9)6-17-3-1-16-2-4-17/h5,16H,1-4,6,15H2,(H,18,19). The lowest BCUT2D eigenvalue weighted by molar-refractivity contribution is 0.0698. The summed E-state index contributed by atoms with van der Waals surface area (Å²) in [6.07, 6.45) is 0. The predicted octanol–water partition coefficient (Wildman–Crippen LogP) is 1.68. The van der Waals surface area contributed by atoms with Crippen molar-refractivity contribution in [1.29, 1.82) is 0 Å². The molecule has 4 N–H and O–H groups in total. The fraction of sp³-hybridized carbons (Fsp3) is 0.417. The molecule has 0 aliphatic carbocycles. The minimum atomic E-state index is -1.13. The van der Waals surface area contributed by atoms with Crippen LogP contribution in [0.3, 0.4) is 0 Å². The topological polar surface area (TPSA) is 78.6 Å². The first-order valence-electron chi connectivity index (χ1n) is 5.93. The van der Waals surface area contributed by atoms with Gasteiger partial charge in [-0.3, -0.25) is 4.90 Å².